The average molecular weight is 181 g/mol. The highest BCUT2D eigenvalue weighted by atomic mass is 19.1. The molecule has 0 N–H and O–H groups in total. The fourth-order valence-electron chi connectivity index (χ4n) is 1.20. The van der Waals surface area contributed by atoms with Gasteiger partial charge in [0.2, 0.25) is 0 Å². The minimum atomic E-state index is -0.341. The van der Waals surface area contributed by atoms with E-state index in [4.69, 9.17) is 4.74 Å². The molecular weight excluding hydrogens is 169 g/mol. The molecule has 0 spiro atoms. The van der Waals surface area contributed by atoms with E-state index in [1.54, 1.807) is 6.20 Å². The maximum absolute atomic E-state index is 13.2. The predicted molar refractivity (Wildman–Crippen MR) is 47.2 cm³/mol. The van der Waals surface area contributed by atoms with Crippen LogP contribution >= 0.6 is 0 Å². The molecule has 3 heteroatoms. The van der Waals surface area contributed by atoms with Crippen LogP contribution in [-0.2, 0) is 6.42 Å². The van der Waals surface area contributed by atoms with E-state index < -0.39 is 0 Å². The lowest BCUT2D eigenvalue weighted by atomic mass is 10.2. The van der Waals surface area contributed by atoms with Crippen molar-refractivity contribution in [2.45, 2.75) is 32.3 Å². The standard InChI is InChI=1S/C10H12FNO/c1-2-7-5-12-6-9(11)10(7)13-8-3-4-8/h5-6,8H,2-4H2,1H3. The Kier molecular flexibility index (Phi) is 2.17. The minimum Gasteiger partial charge on any atom is -0.487 e. The summed E-state index contributed by atoms with van der Waals surface area (Å²) in [5.41, 5.74) is 0.854. The molecule has 1 aromatic rings. The lowest BCUT2D eigenvalue weighted by molar-refractivity contribution is 0.283. The zero-order valence-electron chi connectivity index (χ0n) is 7.59. The van der Waals surface area contributed by atoms with Gasteiger partial charge in [0, 0.05) is 11.8 Å². The Morgan fingerprint density at radius 2 is 2.31 bits per heavy atom. The Morgan fingerprint density at radius 3 is 2.92 bits per heavy atom. The van der Waals surface area contributed by atoms with Crippen molar-refractivity contribution in [1.29, 1.82) is 0 Å². The van der Waals surface area contributed by atoms with Gasteiger partial charge in [-0.05, 0) is 19.3 Å². The molecule has 1 fully saturated rings. The summed E-state index contributed by atoms with van der Waals surface area (Å²) in [5.74, 6) is 0.0613. The lowest BCUT2D eigenvalue weighted by Crippen LogP contribution is -2.02. The Labute approximate surface area is 76.7 Å². The number of rotatable bonds is 3. The van der Waals surface area contributed by atoms with Gasteiger partial charge in [0.15, 0.2) is 11.6 Å². The van der Waals surface area contributed by atoms with Crippen LogP contribution in [0.2, 0.25) is 0 Å². The Balaban J connectivity index is 2.27. The van der Waals surface area contributed by atoms with E-state index in [1.807, 2.05) is 6.92 Å². The highest BCUT2D eigenvalue weighted by Crippen LogP contribution is 2.30. The summed E-state index contributed by atoms with van der Waals surface area (Å²) in [5, 5.41) is 0. The summed E-state index contributed by atoms with van der Waals surface area (Å²) in [6, 6.07) is 0. The molecule has 2 nitrogen and oxygen atoms in total. The molecule has 0 amide bonds. The smallest absolute Gasteiger partial charge is 0.183 e. The maximum atomic E-state index is 13.2. The van der Waals surface area contributed by atoms with Crippen LogP contribution in [0.3, 0.4) is 0 Å². The molecule has 2 rings (SSSR count). The molecule has 1 heterocycles. The zero-order chi connectivity index (χ0) is 9.26. The first-order valence-electron chi connectivity index (χ1n) is 4.60. The molecule has 1 saturated carbocycles. The largest absolute Gasteiger partial charge is 0.487 e. The van der Waals surface area contributed by atoms with Crippen molar-refractivity contribution in [1.82, 2.24) is 4.98 Å². The van der Waals surface area contributed by atoms with Gasteiger partial charge < -0.3 is 4.74 Å². The van der Waals surface area contributed by atoms with Crippen LogP contribution in [0.4, 0.5) is 4.39 Å². The number of aryl methyl sites for hydroxylation is 1. The lowest BCUT2D eigenvalue weighted by Gasteiger charge is -2.09. The zero-order valence-corrected chi connectivity index (χ0v) is 7.59. The second kappa shape index (κ2) is 3.32. The van der Waals surface area contributed by atoms with Crippen molar-refractivity contribution >= 4 is 0 Å². The quantitative estimate of drug-likeness (QED) is 0.714. The van der Waals surface area contributed by atoms with E-state index >= 15 is 0 Å². The van der Waals surface area contributed by atoms with Gasteiger partial charge in [-0.2, -0.15) is 0 Å². The Bertz CT molecular complexity index is 310. The average Bonchev–Trinajstić information content (AvgIpc) is 2.92. The van der Waals surface area contributed by atoms with Gasteiger partial charge in [-0.15, -0.1) is 0 Å². The molecule has 0 unspecified atom stereocenters. The molecule has 0 aromatic carbocycles. The highest BCUT2D eigenvalue weighted by molar-refractivity contribution is 5.32. The van der Waals surface area contributed by atoms with E-state index in [-0.39, 0.29) is 11.9 Å². The monoisotopic (exact) mass is 181 g/mol. The first-order chi connectivity index (χ1) is 6.31. The van der Waals surface area contributed by atoms with Gasteiger partial charge in [-0.3, -0.25) is 4.98 Å². The van der Waals surface area contributed by atoms with Crippen LogP contribution in [0.1, 0.15) is 25.3 Å². The van der Waals surface area contributed by atoms with Crippen LogP contribution in [0.5, 0.6) is 5.75 Å². The molecule has 70 valence electrons. The first-order valence-corrected chi connectivity index (χ1v) is 4.60. The molecule has 13 heavy (non-hydrogen) atoms. The number of ether oxygens (including phenoxy) is 1. The van der Waals surface area contributed by atoms with Gasteiger partial charge >= 0.3 is 0 Å². The Hall–Kier alpha value is -1.12. The minimum absolute atomic E-state index is 0.238. The summed E-state index contributed by atoms with van der Waals surface area (Å²) in [7, 11) is 0. The van der Waals surface area contributed by atoms with Gasteiger partial charge in [-0.25, -0.2) is 4.39 Å². The third-order valence-corrected chi connectivity index (χ3v) is 2.12. The number of nitrogens with zero attached hydrogens (tertiary/aromatic N) is 1. The molecule has 1 aliphatic rings. The van der Waals surface area contributed by atoms with E-state index in [2.05, 4.69) is 4.98 Å². The normalized spacial score (nSPS) is 15.8. The van der Waals surface area contributed by atoms with Crippen LogP contribution < -0.4 is 4.74 Å². The molecular formula is C10H12FNO. The van der Waals surface area contributed by atoms with Crippen molar-refractivity contribution in [2.24, 2.45) is 0 Å². The fraction of sp³-hybridized carbons (Fsp3) is 0.500. The summed E-state index contributed by atoms with van der Waals surface area (Å²) in [6.45, 7) is 1.97. The van der Waals surface area contributed by atoms with Gasteiger partial charge in [-0.1, -0.05) is 6.92 Å². The number of pyridine rings is 1. The fourth-order valence-corrected chi connectivity index (χ4v) is 1.20. The predicted octanol–water partition coefficient (Wildman–Crippen LogP) is 2.32. The maximum Gasteiger partial charge on any atom is 0.183 e. The van der Waals surface area contributed by atoms with Gasteiger partial charge in [0.1, 0.15) is 0 Å². The number of hydrogen-bond acceptors (Lipinski definition) is 2. The second-order valence-electron chi connectivity index (χ2n) is 3.28. The van der Waals surface area contributed by atoms with Crippen molar-refractivity contribution in [3.63, 3.8) is 0 Å². The van der Waals surface area contributed by atoms with Crippen molar-refractivity contribution in [3.05, 3.63) is 23.8 Å². The molecule has 0 bridgehead atoms. The SMILES string of the molecule is CCc1cncc(F)c1OC1CC1. The molecule has 1 aromatic heterocycles. The summed E-state index contributed by atoms with van der Waals surface area (Å²) >= 11 is 0. The molecule has 0 saturated heterocycles. The van der Waals surface area contributed by atoms with Gasteiger partial charge in [0.25, 0.3) is 0 Å². The third-order valence-electron chi connectivity index (χ3n) is 2.12. The molecule has 1 aliphatic carbocycles. The summed E-state index contributed by atoms with van der Waals surface area (Å²) in [6.07, 6.45) is 5.96. The molecule has 0 aliphatic heterocycles. The van der Waals surface area contributed by atoms with Crippen LogP contribution in [0.15, 0.2) is 12.4 Å². The first kappa shape index (κ1) is 8.48. The van der Waals surface area contributed by atoms with E-state index in [1.165, 1.54) is 6.20 Å². The molecule has 0 atom stereocenters. The van der Waals surface area contributed by atoms with E-state index in [0.717, 1.165) is 24.8 Å². The van der Waals surface area contributed by atoms with Crippen molar-refractivity contribution in [2.75, 3.05) is 0 Å². The third kappa shape index (κ3) is 1.79. The number of hydrogen-bond donors (Lipinski definition) is 0. The van der Waals surface area contributed by atoms with E-state index in [9.17, 15) is 4.39 Å². The highest BCUT2D eigenvalue weighted by Gasteiger charge is 2.25. The van der Waals surface area contributed by atoms with Gasteiger partial charge in [0.05, 0.1) is 12.3 Å². The Morgan fingerprint density at radius 1 is 1.54 bits per heavy atom. The van der Waals surface area contributed by atoms with Crippen LogP contribution in [-0.4, -0.2) is 11.1 Å². The van der Waals surface area contributed by atoms with Crippen LogP contribution in [0.25, 0.3) is 0 Å². The number of aromatic nitrogens is 1. The van der Waals surface area contributed by atoms with Crippen molar-refractivity contribution < 1.29 is 9.13 Å². The topological polar surface area (TPSA) is 22.1 Å². The summed E-state index contributed by atoms with van der Waals surface area (Å²) in [4.78, 5) is 3.79. The van der Waals surface area contributed by atoms with E-state index in [0.29, 0.717) is 5.75 Å². The van der Waals surface area contributed by atoms with Crippen LogP contribution in [0, 0.1) is 5.82 Å². The summed E-state index contributed by atoms with van der Waals surface area (Å²) < 4.78 is 18.7. The number of halogens is 1. The second-order valence-corrected chi connectivity index (χ2v) is 3.28. The molecule has 0 radical (unpaired) electrons. The van der Waals surface area contributed by atoms with Crippen molar-refractivity contribution in [3.8, 4) is 5.75 Å².